The molecule has 0 aromatic rings. The lowest BCUT2D eigenvalue weighted by Crippen LogP contribution is -2.46. The highest BCUT2D eigenvalue weighted by atomic mass is 32.1. The number of nitrogens with one attached hydrogen (secondary N) is 2. The SMILES string of the molecule is CCCNC(=S)NC(C)(C)C. The molecule has 0 bridgehead atoms. The number of rotatable bonds is 2. The summed E-state index contributed by atoms with van der Waals surface area (Å²) < 4.78 is 0. The van der Waals surface area contributed by atoms with Gasteiger partial charge in [-0.1, -0.05) is 6.92 Å². The molecule has 0 fully saturated rings. The van der Waals surface area contributed by atoms with E-state index in [-0.39, 0.29) is 5.54 Å². The van der Waals surface area contributed by atoms with Gasteiger partial charge in [0.15, 0.2) is 5.11 Å². The van der Waals surface area contributed by atoms with Crippen LogP contribution >= 0.6 is 12.2 Å². The molecule has 0 spiro atoms. The minimum Gasteiger partial charge on any atom is -0.363 e. The Bertz CT molecular complexity index is 127. The molecule has 0 atom stereocenters. The van der Waals surface area contributed by atoms with Crippen LogP contribution in [0.1, 0.15) is 34.1 Å². The van der Waals surface area contributed by atoms with Gasteiger partial charge in [0.1, 0.15) is 0 Å². The van der Waals surface area contributed by atoms with Crippen LogP contribution in [0.2, 0.25) is 0 Å². The topological polar surface area (TPSA) is 24.1 Å². The highest BCUT2D eigenvalue weighted by molar-refractivity contribution is 7.80. The maximum absolute atomic E-state index is 5.05. The molecule has 0 saturated heterocycles. The van der Waals surface area contributed by atoms with E-state index in [0.717, 1.165) is 18.1 Å². The van der Waals surface area contributed by atoms with Crippen LogP contribution in [0.5, 0.6) is 0 Å². The van der Waals surface area contributed by atoms with Crippen LogP contribution in [0, 0.1) is 0 Å². The first kappa shape index (κ1) is 10.7. The quantitative estimate of drug-likeness (QED) is 0.623. The summed E-state index contributed by atoms with van der Waals surface area (Å²) in [4.78, 5) is 0. The Kier molecular flexibility index (Phi) is 4.42. The summed E-state index contributed by atoms with van der Waals surface area (Å²) in [6.07, 6.45) is 1.10. The standard InChI is InChI=1S/C8H18N2S/c1-5-6-9-7(11)10-8(2,3)4/h5-6H2,1-4H3,(H2,9,10,11). The lowest BCUT2D eigenvalue weighted by Gasteiger charge is -2.22. The van der Waals surface area contributed by atoms with Crippen molar-refractivity contribution in [2.45, 2.75) is 39.7 Å². The van der Waals surface area contributed by atoms with Gasteiger partial charge in [0, 0.05) is 12.1 Å². The Morgan fingerprint density at radius 3 is 2.27 bits per heavy atom. The molecule has 11 heavy (non-hydrogen) atoms. The van der Waals surface area contributed by atoms with E-state index in [9.17, 15) is 0 Å². The molecular weight excluding hydrogens is 156 g/mol. The third kappa shape index (κ3) is 7.59. The van der Waals surface area contributed by atoms with E-state index < -0.39 is 0 Å². The van der Waals surface area contributed by atoms with E-state index in [1.54, 1.807) is 0 Å². The fraction of sp³-hybridized carbons (Fsp3) is 0.875. The molecule has 66 valence electrons. The summed E-state index contributed by atoms with van der Waals surface area (Å²) in [6.45, 7) is 9.33. The molecule has 0 rings (SSSR count). The highest BCUT2D eigenvalue weighted by Gasteiger charge is 2.09. The van der Waals surface area contributed by atoms with Crippen LogP contribution < -0.4 is 10.6 Å². The number of thiocarbonyl (C=S) groups is 1. The molecule has 3 heteroatoms. The zero-order valence-corrected chi connectivity index (χ0v) is 8.64. The molecular formula is C8H18N2S. The normalized spacial score (nSPS) is 10.9. The highest BCUT2D eigenvalue weighted by Crippen LogP contribution is 1.97. The maximum Gasteiger partial charge on any atom is 0.166 e. The molecule has 2 N–H and O–H groups in total. The average molecular weight is 174 g/mol. The van der Waals surface area contributed by atoms with Gasteiger partial charge in [-0.25, -0.2) is 0 Å². The predicted octanol–water partition coefficient (Wildman–Crippen LogP) is 1.66. The fourth-order valence-electron chi connectivity index (χ4n) is 0.623. The summed E-state index contributed by atoms with van der Waals surface area (Å²) in [6, 6.07) is 0. The molecule has 0 unspecified atom stereocenters. The van der Waals surface area contributed by atoms with E-state index in [4.69, 9.17) is 12.2 Å². The molecule has 0 heterocycles. The van der Waals surface area contributed by atoms with Gasteiger partial charge in [-0.15, -0.1) is 0 Å². The molecule has 0 amide bonds. The second kappa shape index (κ2) is 4.54. The first-order valence-electron chi connectivity index (χ1n) is 4.01. The Morgan fingerprint density at radius 1 is 1.36 bits per heavy atom. The predicted molar refractivity (Wildman–Crippen MR) is 53.8 cm³/mol. The van der Waals surface area contributed by atoms with Gasteiger partial charge in [0.25, 0.3) is 0 Å². The molecule has 0 aliphatic heterocycles. The molecule has 0 aromatic heterocycles. The summed E-state index contributed by atoms with van der Waals surface area (Å²) in [5.74, 6) is 0. The van der Waals surface area contributed by atoms with Crippen molar-refractivity contribution in [2.24, 2.45) is 0 Å². The van der Waals surface area contributed by atoms with Gasteiger partial charge in [-0.05, 0) is 39.4 Å². The van der Waals surface area contributed by atoms with Crippen LogP contribution in [0.3, 0.4) is 0 Å². The van der Waals surface area contributed by atoms with Crippen molar-refractivity contribution in [3.05, 3.63) is 0 Å². The third-order valence-electron chi connectivity index (χ3n) is 1.02. The lowest BCUT2D eigenvalue weighted by atomic mass is 10.1. The first-order chi connectivity index (χ1) is 4.95. The van der Waals surface area contributed by atoms with Gasteiger partial charge in [-0.3, -0.25) is 0 Å². The Hall–Kier alpha value is -0.310. The second-order valence-electron chi connectivity index (χ2n) is 3.63. The van der Waals surface area contributed by atoms with Crippen molar-refractivity contribution in [3.63, 3.8) is 0 Å². The van der Waals surface area contributed by atoms with E-state index in [0.29, 0.717) is 0 Å². The van der Waals surface area contributed by atoms with Crippen LogP contribution in [0.4, 0.5) is 0 Å². The first-order valence-corrected chi connectivity index (χ1v) is 4.42. The minimum atomic E-state index is 0.0673. The summed E-state index contributed by atoms with van der Waals surface area (Å²) in [7, 11) is 0. The monoisotopic (exact) mass is 174 g/mol. The second-order valence-corrected chi connectivity index (χ2v) is 4.04. The minimum absolute atomic E-state index is 0.0673. The fourth-order valence-corrected chi connectivity index (χ4v) is 1.03. The molecule has 0 aromatic carbocycles. The molecule has 0 radical (unpaired) electrons. The number of hydrogen-bond donors (Lipinski definition) is 2. The van der Waals surface area contributed by atoms with Gasteiger partial charge >= 0.3 is 0 Å². The van der Waals surface area contributed by atoms with Gasteiger partial charge in [-0.2, -0.15) is 0 Å². The van der Waals surface area contributed by atoms with Crippen molar-refractivity contribution in [3.8, 4) is 0 Å². The summed E-state index contributed by atoms with van der Waals surface area (Å²) in [5, 5.41) is 7.03. The Labute approximate surface area is 74.8 Å². The van der Waals surface area contributed by atoms with Crippen molar-refractivity contribution in [1.82, 2.24) is 10.6 Å². The third-order valence-corrected chi connectivity index (χ3v) is 1.27. The lowest BCUT2D eigenvalue weighted by molar-refractivity contribution is 0.506. The number of hydrogen-bond acceptors (Lipinski definition) is 1. The largest absolute Gasteiger partial charge is 0.363 e. The molecule has 0 saturated carbocycles. The van der Waals surface area contributed by atoms with Gasteiger partial charge in [0.2, 0.25) is 0 Å². The van der Waals surface area contributed by atoms with Crippen LogP contribution in [-0.4, -0.2) is 17.2 Å². The maximum atomic E-state index is 5.05. The van der Waals surface area contributed by atoms with Crippen molar-refractivity contribution < 1.29 is 0 Å². The summed E-state index contributed by atoms with van der Waals surface area (Å²) >= 11 is 5.05. The van der Waals surface area contributed by atoms with Crippen molar-refractivity contribution in [2.75, 3.05) is 6.54 Å². The molecule has 2 nitrogen and oxygen atoms in total. The van der Waals surface area contributed by atoms with Gasteiger partial charge < -0.3 is 10.6 Å². The van der Waals surface area contributed by atoms with Crippen LogP contribution in [0.25, 0.3) is 0 Å². The Balaban J connectivity index is 3.53. The van der Waals surface area contributed by atoms with Crippen molar-refractivity contribution in [1.29, 1.82) is 0 Å². The van der Waals surface area contributed by atoms with E-state index in [1.165, 1.54) is 0 Å². The van der Waals surface area contributed by atoms with E-state index in [1.807, 2.05) is 0 Å². The van der Waals surface area contributed by atoms with E-state index in [2.05, 4.69) is 38.3 Å². The zero-order chi connectivity index (χ0) is 8.91. The van der Waals surface area contributed by atoms with Crippen LogP contribution in [-0.2, 0) is 0 Å². The van der Waals surface area contributed by atoms with Crippen LogP contribution in [0.15, 0.2) is 0 Å². The van der Waals surface area contributed by atoms with E-state index >= 15 is 0 Å². The zero-order valence-electron chi connectivity index (χ0n) is 7.82. The molecule has 0 aliphatic rings. The smallest absolute Gasteiger partial charge is 0.166 e. The van der Waals surface area contributed by atoms with Gasteiger partial charge in [0.05, 0.1) is 0 Å². The Morgan fingerprint density at radius 2 is 1.91 bits per heavy atom. The molecule has 0 aliphatic carbocycles. The van der Waals surface area contributed by atoms with Crippen molar-refractivity contribution >= 4 is 17.3 Å². The average Bonchev–Trinajstić information content (AvgIpc) is 1.79. The summed E-state index contributed by atoms with van der Waals surface area (Å²) in [5.41, 5.74) is 0.0673.